The van der Waals surface area contributed by atoms with Crippen LogP contribution in [0.3, 0.4) is 0 Å². The van der Waals surface area contributed by atoms with Gasteiger partial charge >= 0.3 is 5.97 Å². The molecule has 0 saturated carbocycles. The molecule has 0 amide bonds. The number of carbonyl (C=O) groups is 1. The zero-order valence-corrected chi connectivity index (χ0v) is 15.6. The summed E-state index contributed by atoms with van der Waals surface area (Å²) >= 11 is 1.53. The van der Waals surface area contributed by atoms with Gasteiger partial charge in [0.15, 0.2) is 0 Å². The lowest BCUT2D eigenvalue weighted by Gasteiger charge is -2.34. The van der Waals surface area contributed by atoms with Crippen molar-refractivity contribution >= 4 is 39.9 Å². The molecule has 6 nitrogen and oxygen atoms in total. The fourth-order valence-corrected chi connectivity index (χ4v) is 4.24. The predicted molar refractivity (Wildman–Crippen MR) is 97.3 cm³/mol. The number of halogens is 1. The Hall–Kier alpha value is -1.44. The molecule has 8 heteroatoms. The molecule has 3 rings (SSSR count). The van der Waals surface area contributed by atoms with Crippen LogP contribution in [-0.2, 0) is 4.79 Å². The van der Waals surface area contributed by atoms with E-state index >= 15 is 0 Å². The molecule has 0 aliphatic carbocycles. The smallest absolute Gasteiger partial charge is 0.307 e. The third-order valence-corrected chi connectivity index (χ3v) is 5.90. The van der Waals surface area contributed by atoms with E-state index in [2.05, 4.69) is 14.9 Å². The first-order chi connectivity index (χ1) is 10.9. The normalized spacial score (nSPS) is 19.9. The van der Waals surface area contributed by atoms with E-state index in [1.807, 2.05) is 20.8 Å². The molecular weight excluding hydrogens is 350 g/mol. The maximum Gasteiger partial charge on any atom is 0.307 e. The Morgan fingerprint density at radius 1 is 1.46 bits per heavy atom. The Morgan fingerprint density at radius 2 is 2.17 bits per heavy atom. The van der Waals surface area contributed by atoms with E-state index in [0.29, 0.717) is 24.2 Å². The lowest BCUT2D eigenvalue weighted by molar-refractivity contribution is -0.143. The topological polar surface area (TPSA) is 86.3 Å². The number of thiophene rings is 1. The van der Waals surface area contributed by atoms with Crippen LogP contribution in [0.5, 0.6) is 0 Å². The average Bonchev–Trinajstić information content (AvgIpc) is 2.81. The van der Waals surface area contributed by atoms with E-state index in [-0.39, 0.29) is 29.9 Å². The number of H-pyrrole nitrogens is 1. The minimum Gasteiger partial charge on any atom is -0.481 e. The highest BCUT2D eigenvalue weighted by Gasteiger charge is 2.29. The Balaban J connectivity index is 0.00000208. The van der Waals surface area contributed by atoms with Gasteiger partial charge in [-0.15, -0.1) is 23.7 Å². The molecule has 1 aliphatic rings. The molecule has 1 saturated heterocycles. The van der Waals surface area contributed by atoms with E-state index < -0.39 is 5.97 Å². The van der Waals surface area contributed by atoms with Crippen LogP contribution in [0.25, 0.3) is 10.2 Å². The van der Waals surface area contributed by atoms with E-state index in [0.717, 1.165) is 28.2 Å². The molecular formula is C16H22ClN3O3S. The predicted octanol–water partition coefficient (Wildman–Crippen LogP) is 2.88. The highest BCUT2D eigenvalue weighted by atomic mass is 35.5. The van der Waals surface area contributed by atoms with E-state index in [9.17, 15) is 14.7 Å². The molecule has 2 atom stereocenters. The number of fused-ring (bicyclic) bond motifs is 1. The molecule has 0 spiro atoms. The number of carboxylic acids is 1. The Labute approximate surface area is 150 Å². The van der Waals surface area contributed by atoms with Gasteiger partial charge < -0.3 is 10.1 Å². The van der Waals surface area contributed by atoms with Crippen LogP contribution in [-0.4, -0.2) is 39.0 Å². The number of carboxylic acid groups (broad SMARTS) is 1. The van der Waals surface area contributed by atoms with Crippen molar-refractivity contribution in [2.75, 3.05) is 13.1 Å². The number of rotatable bonds is 3. The average molecular weight is 372 g/mol. The number of nitrogens with zero attached hydrogens (tertiary/aromatic N) is 2. The van der Waals surface area contributed by atoms with Gasteiger partial charge in [-0.25, -0.2) is 4.98 Å². The van der Waals surface area contributed by atoms with Crippen molar-refractivity contribution in [1.29, 1.82) is 0 Å². The van der Waals surface area contributed by atoms with Gasteiger partial charge in [-0.05, 0) is 45.7 Å². The summed E-state index contributed by atoms with van der Waals surface area (Å²) in [6, 6.07) is -0.100. The van der Waals surface area contributed by atoms with Gasteiger partial charge in [0.2, 0.25) is 0 Å². The maximum atomic E-state index is 12.4. The summed E-state index contributed by atoms with van der Waals surface area (Å²) < 4.78 is 0. The van der Waals surface area contributed by atoms with Crippen molar-refractivity contribution < 1.29 is 9.90 Å². The van der Waals surface area contributed by atoms with Gasteiger partial charge in [0.1, 0.15) is 10.7 Å². The number of nitrogens with one attached hydrogen (secondary N) is 1. The number of aliphatic carboxylic acids is 1. The summed E-state index contributed by atoms with van der Waals surface area (Å²) in [7, 11) is 0. The summed E-state index contributed by atoms with van der Waals surface area (Å²) in [5, 5.41) is 9.90. The van der Waals surface area contributed by atoms with Crippen molar-refractivity contribution in [3.8, 4) is 0 Å². The van der Waals surface area contributed by atoms with Crippen LogP contribution in [0.15, 0.2) is 4.79 Å². The third-order valence-electron chi connectivity index (χ3n) is 4.80. The molecule has 2 N–H and O–H groups in total. The summed E-state index contributed by atoms with van der Waals surface area (Å²) in [5.74, 6) is -0.467. The molecule has 1 fully saturated rings. The summed E-state index contributed by atoms with van der Waals surface area (Å²) in [4.78, 5) is 35.1. The molecule has 0 radical (unpaired) electrons. The fraction of sp³-hybridized carbons (Fsp3) is 0.562. The van der Waals surface area contributed by atoms with E-state index in [4.69, 9.17) is 0 Å². The van der Waals surface area contributed by atoms with Crippen molar-refractivity contribution in [3.63, 3.8) is 0 Å². The van der Waals surface area contributed by atoms with Gasteiger partial charge in [-0.3, -0.25) is 14.5 Å². The number of likely N-dealkylation sites (tertiary alicyclic amines) is 1. The Kier molecular flexibility index (Phi) is 5.67. The summed E-state index contributed by atoms with van der Waals surface area (Å²) in [6.45, 7) is 7.24. The molecule has 0 aromatic carbocycles. The molecule has 2 aromatic rings. The number of aromatic nitrogens is 2. The monoisotopic (exact) mass is 371 g/mol. The highest BCUT2D eigenvalue weighted by Crippen LogP contribution is 2.29. The first-order valence-corrected chi connectivity index (χ1v) is 8.67. The number of piperidine rings is 1. The standard InChI is InChI=1S/C16H21N3O3S.ClH/c1-8-10(3)23-15-12(8)14(20)17-13(18-15)9(2)19-6-4-5-11(7-19)16(21)22;/h9,11H,4-7H2,1-3H3,(H,21,22)(H,17,18,20);1H. The minimum absolute atomic E-state index is 0. The zero-order chi connectivity index (χ0) is 16.7. The SMILES string of the molecule is Cc1sc2nc(C(C)N3CCCC(C(=O)O)C3)[nH]c(=O)c2c1C.Cl. The quantitative estimate of drug-likeness (QED) is 0.866. The van der Waals surface area contributed by atoms with Crippen LogP contribution >= 0.6 is 23.7 Å². The Morgan fingerprint density at radius 3 is 2.83 bits per heavy atom. The molecule has 24 heavy (non-hydrogen) atoms. The first-order valence-electron chi connectivity index (χ1n) is 7.85. The summed E-state index contributed by atoms with van der Waals surface area (Å²) in [5.41, 5.74) is 0.882. The second-order valence-electron chi connectivity index (χ2n) is 6.26. The van der Waals surface area contributed by atoms with Crippen molar-refractivity contribution in [1.82, 2.24) is 14.9 Å². The van der Waals surface area contributed by atoms with Crippen LogP contribution in [0, 0.1) is 19.8 Å². The van der Waals surface area contributed by atoms with Crippen LogP contribution < -0.4 is 5.56 Å². The third kappa shape index (κ3) is 3.34. The lowest BCUT2D eigenvalue weighted by atomic mass is 9.97. The van der Waals surface area contributed by atoms with E-state index in [1.54, 1.807) is 0 Å². The van der Waals surface area contributed by atoms with Crippen molar-refractivity contribution in [3.05, 3.63) is 26.6 Å². The van der Waals surface area contributed by atoms with Gasteiger partial charge in [0.05, 0.1) is 17.3 Å². The molecule has 2 aromatic heterocycles. The van der Waals surface area contributed by atoms with Gasteiger partial charge in [-0.1, -0.05) is 0 Å². The van der Waals surface area contributed by atoms with Gasteiger partial charge in [0.25, 0.3) is 5.56 Å². The largest absolute Gasteiger partial charge is 0.481 e. The van der Waals surface area contributed by atoms with Crippen LogP contribution in [0.1, 0.15) is 42.1 Å². The lowest BCUT2D eigenvalue weighted by Crippen LogP contribution is -2.40. The Bertz CT molecular complexity index is 817. The first kappa shape index (κ1) is 18.9. The number of hydrogen-bond donors (Lipinski definition) is 2. The second kappa shape index (κ2) is 7.21. The zero-order valence-electron chi connectivity index (χ0n) is 14.0. The second-order valence-corrected chi connectivity index (χ2v) is 7.47. The number of hydrogen-bond acceptors (Lipinski definition) is 5. The van der Waals surface area contributed by atoms with Crippen molar-refractivity contribution in [2.24, 2.45) is 5.92 Å². The maximum absolute atomic E-state index is 12.4. The summed E-state index contributed by atoms with van der Waals surface area (Å²) in [6.07, 6.45) is 1.57. The van der Waals surface area contributed by atoms with Crippen LogP contribution in [0.4, 0.5) is 0 Å². The molecule has 1 aliphatic heterocycles. The van der Waals surface area contributed by atoms with E-state index in [1.165, 1.54) is 11.3 Å². The highest BCUT2D eigenvalue weighted by molar-refractivity contribution is 7.18. The number of aromatic amines is 1. The van der Waals surface area contributed by atoms with Crippen LogP contribution in [0.2, 0.25) is 0 Å². The van der Waals surface area contributed by atoms with Gasteiger partial charge in [0, 0.05) is 11.4 Å². The molecule has 0 bridgehead atoms. The minimum atomic E-state index is -0.747. The molecule has 3 heterocycles. The molecule has 132 valence electrons. The van der Waals surface area contributed by atoms with Crippen molar-refractivity contribution in [2.45, 2.75) is 39.7 Å². The molecule has 2 unspecified atom stereocenters. The van der Waals surface area contributed by atoms with Gasteiger partial charge in [-0.2, -0.15) is 0 Å². The number of aryl methyl sites for hydroxylation is 2. The fourth-order valence-electron chi connectivity index (χ4n) is 3.20.